The lowest BCUT2D eigenvalue weighted by Gasteiger charge is -2.30. The quantitative estimate of drug-likeness (QED) is 0.560. The van der Waals surface area contributed by atoms with E-state index in [0.29, 0.717) is 16.5 Å². The van der Waals surface area contributed by atoms with E-state index in [-0.39, 0.29) is 29.3 Å². The van der Waals surface area contributed by atoms with Crippen molar-refractivity contribution >= 4 is 46.9 Å². The summed E-state index contributed by atoms with van der Waals surface area (Å²) in [5.74, 6) is 0.209. The summed E-state index contributed by atoms with van der Waals surface area (Å²) in [4.78, 5) is 25.7. The minimum absolute atomic E-state index is 0.00514. The molecule has 1 heterocycles. The summed E-state index contributed by atoms with van der Waals surface area (Å²) in [6.07, 6.45) is -2.73. The molecule has 1 aromatic carbocycles. The van der Waals surface area contributed by atoms with Gasteiger partial charge >= 0.3 is 6.18 Å². The summed E-state index contributed by atoms with van der Waals surface area (Å²) < 4.78 is 38.8. The molecule has 0 unspecified atom stereocenters. The first-order valence-corrected chi connectivity index (χ1v) is 11.1. The standard InChI is InChI=1S/C19H22ClF3N6OS/c1-11(12-2-3-12)29(10-19(21,22)23)16(30)9-31-8-15-26-17(24)28-18(27-15)25-14-6-4-13(20)5-7-14/h4-7,11-12H,2-3,8-10H2,1H3,(H3,24,25,26,27,28)/t11-/m0/s1. The third kappa shape index (κ3) is 7.42. The van der Waals surface area contributed by atoms with Crippen LogP contribution in [0.2, 0.25) is 5.02 Å². The summed E-state index contributed by atoms with van der Waals surface area (Å²) in [7, 11) is 0. The number of anilines is 3. The van der Waals surface area contributed by atoms with Crippen LogP contribution < -0.4 is 11.1 Å². The van der Waals surface area contributed by atoms with Gasteiger partial charge in [-0.25, -0.2) is 0 Å². The van der Waals surface area contributed by atoms with Crippen LogP contribution >= 0.6 is 23.4 Å². The highest BCUT2D eigenvalue weighted by Crippen LogP contribution is 2.36. The molecular formula is C19H22ClF3N6OS. The van der Waals surface area contributed by atoms with Crippen LogP contribution in [0.1, 0.15) is 25.6 Å². The molecule has 168 valence electrons. The number of nitrogen functional groups attached to an aromatic ring is 1. The zero-order valence-corrected chi connectivity index (χ0v) is 18.3. The Morgan fingerprint density at radius 3 is 2.58 bits per heavy atom. The number of hydrogen-bond donors (Lipinski definition) is 2. The molecule has 1 atom stereocenters. The number of rotatable bonds is 9. The third-order valence-corrected chi connectivity index (χ3v) is 5.89. The average Bonchev–Trinajstić information content (AvgIpc) is 3.51. The van der Waals surface area contributed by atoms with Crippen LogP contribution in [0, 0.1) is 5.92 Å². The molecule has 2 aromatic rings. The predicted molar refractivity (Wildman–Crippen MR) is 115 cm³/mol. The summed E-state index contributed by atoms with van der Waals surface area (Å²) in [5, 5.41) is 3.56. The number of alkyl halides is 3. The fraction of sp³-hybridized carbons (Fsp3) is 0.474. The second kappa shape index (κ2) is 9.90. The van der Waals surface area contributed by atoms with Crippen LogP contribution in [-0.2, 0) is 10.5 Å². The maximum absolute atomic E-state index is 12.9. The van der Waals surface area contributed by atoms with Gasteiger partial charge in [-0.05, 0) is 49.9 Å². The first kappa shape index (κ1) is 23.4. The summed E-state index contributed by atoms with van der Waals surface area (Å²) in [6.45, 7) is 0.436. The molecule has 0 bridgehead atoms. The van der Waals surface area contributed by atoms with Crippen LogP contribution in [-0.4, -0.2) is 50.3 Å². The van der Waals surface area contributed by atoms with E-state index in [1.807, 2.05) is 0 Å². The van der Waals surface area contributed by atoms with Crippen molar-refractivity contribution in [3.05, 3.63) is 35.1 Å². The highest BCUT2D eigenvalue weighted by Gasteiger charge is 2.40. The van der Waals surface area contributed by atoms with E-state index in [1.165, 1.54) is 0 Å². The van der Waals surface area contributed by atoms with Crippen molar-refractivity contribution in [3.63, 3.8) is 0 Å². The Kier molecular flexibility index (Phi) is 7.47. The zero-order chi connectivity index (χ0) is 22.6. The highest BCUT2D eigenvalue weighted by atomic mass is 35.5. The SMILES string of the molecule is C[C@@H](C1CC1)N(CC(F)(F)F)C(=O)CSCc1nc(N)nc(Nc2ccc(Cl)cc2)n1. The molecule has 7 nitrogen and oxygen atoms in total. The molecule has 3 N–H and O–H groups in total. The van der Waals surface area contributed by atoms with Crippen LogP contribution in [0.15, 0.2) is 24.3 Å². The molecule has 31 heavy (non-hydrogen) atoms. The van der Waals surface area contributed by atoms with Crippen LogP contribution in [0.5, 0.6) is 0 Å². The molecule has 1 aromatic heterocycles. The van der Waals surface area contributed by atoms with E-state index < -0.39 is 24.7 Å². The number of hydrogen-bond acceptors (Lipinski definition) is 7. The lowest BCUT2D eigenvalue weighted by molar-refractivity contribution is -0.164. The molecule has 1 aliphatic rings. The highest BCUT2D eigenvalue weighted by molar-refractivity contribution is 7.99. The van der Waals surface area contributed by atoms with E-state index in [4.69, 9.17) is 17.3 Å². The fourth-order valence-corrected chi connectivity index (χ4v) is 3.90. The Morgan fingerprint density at radius 2 is 1.97 bits per heavy atom. The van der Waals surface area contributed by atoms with E-state index in [0.717, 1.165) is 29.5 Å². The number of aromatic nitrogens is 3. The summed E-state index contributed by atoms with van der Waals surface area (Å²) in [5.41, 5.74) is 6.43. The molecule has 0 aliphatic heterocycles. The van der Waals surface area contributed by atoms with Crippen molar-refractivity contribution in [2.24, 2.45) is 5.92 Å². The molecule has 1 saturated carbocycles. The van der Waals surface area contributed by atoms with E-state index >= 15 is 0 Å². The van der Waals surface area contributed by atoms with Crippen molar-refractivity contribution < 1.29 is 18.0 Å². The molecule has 1 aliphatic carbocycles. The largest absolute Gasteiger partial charge is 0.406 e. The van der Waals surface area contributed by atoms with Crippen molar-refractivity contribution in [1.29, 1.82) is 0 Å². The van der Waals surface area contributed by atoms with Crippen molar-refractivity contribution in [3.8, 4) is 0 Å². The van der Waals surface area contributed by atoms with Gasteiger partial charge in [-0.15, -0.1) is 11.8 Å². The number of amides is 1. The summed E-state index contributed by atoms with van der Waals surface area (Å²) in [6, 6.07) is 6.45. The number of benzene rings is 1. The van der Waals surface area contributed by atoms with Crippen molar-refractivity contribution in [2.45, 2.75) is 37.7 Å². The lowest BCUT2D eigenvalue weighted by Crippen LogP contribution is -2.46. The maximum atomic E-state index is 12.9. The Bertz CT molecular complexity index is 911. The van der Waals surface area contributed by atoms with Gasteiger partial charge in [0.2, 0.25) is 17.8 Å². The van der Waals surface area contributed by atoms with Gasteiger partial charge in [0.15, 0.2) is 0 Å². The maximum Gasteiger partial charge on any atom is 0.406 e. The minimum Gasteiger partial charge on any atom is -0.368 e. The van der Waals surface area contributed by atoms with Gasteiger partial charge in [0.05, 0.1) is 11.5 Å². The van der Waals surface area contributed by atoms with E-state index in [2.05, 4.69) is 20.3 Å². The van der Waals surface area contributed by atoms with Crippen molar-refractivity contribution in [1.82, 2.24) is 19.9 Å². The zero-order valence-electron chi connectivity index (χ0n) is 16.7. The monoisotopic (exact) mass is 474 g/mol. The molecule has 1 amide bonds. The number of carbonyl (C=O) groups excluding carboxylic acids is 1. The molecule has 3 rings (SSSR count). The van der Waals surface area contributed by atoms with Gasteiger partial charge < -0.3 is 16.0 Å². The Labute approximate surface area is 187 Å². The smallest absolute Gasteiger partial charge is 0.368 e. The molecule has 0 radical (unpaired) electrons. The number of nitrogens with one attached hydrogen (secondary N) is 1. The first-order valence-electron chi connectivity index (χ1n) is 9.57. The minimum atomic E-state index is -4.44. The third-order valence-electron chi connectivity index (χ3n) is 4.72. The number of carbonyl (C=O) groups is 1. The normalized spacial score (nSPS) is 14.9. The molecule has 1 fully saturated rings. The summed E-state index contributed by atoms with van der Waals surface area (Å²) >= 11 is 6.99. The Balaban J connectivity index is 1.59. The molecule has 0 spiro atoms. The average molecular weight is 475 g/mol. The molecule has 12 heteroatoms. The second-order valence-corrected chi connectivity index (χ2v) is 8.70. The van der Waals surface area contributed by atoms with Crippen LogP contribution in [0.25, 0.3) is 0 Å². The Morgan fingerprint density at radius 1 is 1.29 bits per heavy atom. The predicted octanol–water partition coefficient (Wildman–Crippen LogP) is 4.27. The Hall–Kier alpha value is -2.27. The topological polar surface area (TPSA) is 97.0 Å². The van der Waals surface area contributed by atoms with Gasteiger partial charge in [-0.2, -0.15) is 28.1 Å². The van der Waals surface area contributed by atoms with Gasteiger partial charge in [0, 0.05) is 16.8 Å². The van der Waals surface area contributed by atoms with Gasteiger partial charge in [-0.1, -0.05) is 11.6 Å². The second-order valence-electron chi connectivity index (χ2n) is 7.27. The lowest BCUT2D eigenvalue weighted by atomic mass is 10.2. The van der Waals surface area contributed by atoms with Crippen molar-refractivity contribution in [2.75, 3.05) is 23.3 Å². The molecular weight excluding hydrogens is 453 g/mol. The number of thioether (sulfide) groups is 1. The number of nitrogens with two attached hydrogens (primary N) is 1. The fourth-order valence-electron chi connectivity index (χ4n) is 3.02. The van der Waals surface area contributed by atoms with Crippen LogP contribution in [0.3, 0.4) is 0 Å². The number of halogens is 4. The van der Waals surface area contributed by atoms with E-state index in [1.54, 1.807) is 31.2 Å². The number of nitrogens with zero attached hydrogens (tertiary/aromatic N) is 4. The van der Waals surface area contributed by atoms with Gasteiger partial charge in [0.25, 0.3) is 0 Å². The van der Waals surface area contributed by atoms with E-state index in [9.17, 15) is 18.0 Å². The van der Waals surface area contributed by atoms with Gasteiger partial charge in [-0.3, -0.25) is 4.79 Å². The molecule has 0 saturated heterocycles. The van der Waals surface area contributed by atoms with Gasteiger partial charge in [0.1, 0.15) is 12.4 Å². The first-order chi connectivity index (χ1) is 14.6. The van der Waals surface area contributed by atoms with Crippen LogP contribution in [0.4, 0.5) is 30.8 Å².